The molecule has 2 aromatic heterocycles. The number of anilines is 2. The van der Waals surface area contributed by atoms with Crippen molar-refractivity contribution >= 4 is 34.6 Å². The van der Waals surface area contributed by atoms with Crippen LogP contribution in [-0.2, 0) is 4.79 Å². The van der Waals surface area contributed by atoms with Crippen molar-refractivity contribution in [2.45, 2.75) is 46.7 Å². The molecule has 0 unspecified atom stereocenters. The molecule has 0 aliphatic carbocycles. The number of H-pyrrole nitrogens is 1. The Morgan fingerprint density at radius 2 is 1.94 bits per heavy atom. The smallest absolute Gasteiger partial charge is 0.229 e. The Bertz CT molecular complexity index is 1220. The predicted octanol–water partition coefficient (Wildman–Crippen LogP) is 5.20. The number of carbonyl (C=O) groups excluding carboxylic acids is 1. The van der Waals surface area contributed by atoms with Crippen LogP contribution in [0.2, 0.25) is 0 Å². The lowest BCUT2D eigenvalue weighted by molar-refractivity contribution is -0.123. The molecule has 1 fully saturated rings. The second-order valence-electron chi connectivity index (χ2n) is 9.62. The molecule has 7 nitrogen and oxygen atoms in total. The summed E-state index contributed by atoms with van der Waals surface area (Å²) in [5.74, 6) is 0.489. The van der Waals surface area contributed by atoms with Gasteiger partial charge in [-0.05, 0) is 62.0 Å². The number of hydrogen-bond donors (Lipinski definition) is 3. The number of nitrogens with zero attached hydrogens (tertiary/aromatic N) is 2. The molecule has 1 aromatic carbocycles. The van der Waals surface area contributed by atoms with Crippen LogP contribution < -0.4 is 20.3 Å². The molecule has 4 rings (SSSR count). The Labute approximate surface area is 205 Å². The zero-order chi connectivity index (χ0) is 24.6. The first-order valence-corrected chi connectivity index (χ1v) is 11.7. The number of benzene rings is 1. The number of aromatic amines is 1. The summed E-state index contributed by atoms with van der Waals surface area (Å²) in [4.78, 5) is 22.7. The van der Waals surface area contributed by atoms with E-state index in [1.807, 2.05) is 64.1 Å². The summed E-state index contributed by atoms with van der Waals surface area (Å²) in [5.41, 5.74) is 5.19. The van der Waals surface area contributed by atoms with Crippen molar-refractivity contribution < 1.29 is 9.53 Å². The summed E-state index contributed by atoms with van der Waals surface area (Å²) in [6.07, 6.45) is 1.80. The van der Waals surface area contributed by atoms with E-state index in [0.717, 1.165) is 28.3 Å². The topological polar surface area (TPSA) is 82.3 Å². The number of ether oxygens (including phenoxy) is 1. The lowest BCUT2D eigenvalue weighted by Gasteiger charge is -2.28. The number of hydrogen-bond acceptors (Lipinski definition) is 4. The van der Waals surface area contributed by atoms with Crippen LogP contribution in [-0.4, -0.2) is 28.1 Å². The summed E-state index contributed by atoms with van der Waals surface area (Å²) in [6.45, 7) is 9.75. The first-order valence-electron chi connectivity index (χ1n) is 11.3. The number of thiocarbonyl (C=S) groups is 1. The van der Waals surface area contributed by atoms with Gasteiger partial charge < -0.3 is 25.3 Å². The van der Waals surface area contributed by atoms with Gasteiger partial charge in [0.2, 0.25) is 5.91 Å². The van der Waals surface area contributed by atoms with E-state index in [4.69, 9.17) is 17.0 Å². The highest BCUT2D eigenvalue weighted by Crippen LogP contribution is 2.44. The van der Waals surface area contributed by atoms with Crippen molar-refractivity contribution in [3.63, 3.8) is 0 Å². The summed E-state index contributed by atoms with van der Waals surface area (Å²) in [6, 6.07) is 13.5. The van der Waals surface area contributed by atoms with Crippen molar-refractivity contribution in [2.75, 3.05) is 17.3 Å². The van der Waals surface area contributed by atoms with E-state index in [2.05, 4.69) is 38.5 Å². The predicted molar refractivity (Wildman–Crippen MR) is 139 cm³/mol. The SMILES string of the molecule is COc1cc(N2C(=S)N[C@H](c3ccccn3)[C@H]2c2cc(C)[nH]c2C)ccc1NC(=O)C(C)(C)C. The highest BCUT2D eigenvalue weighted by molar-refractivity contribution is 7.80. The van der Waals surface area contributed by atoms with E-state index in [1.165, 1.54) is 0 Å². The van der Waals surface area contributed by atoms with Gasteiger partial charge in [-0.3, -0.25) is 9.78 Å². The molecule has 1 aliphatic rings. The van der Waals surface area contributed by atoms with Crippen LogP contribution in [0.4, 0.5) is 11.4 Å². The number of aromatic nitrogens is 2. The van der Waals surface area contributed by atoms with Crippen LogP contribution in [0.5, 0.6) is 5.75 Å². The Hall–Kier alpha value is -3.39. The van der Waals surface area contributed by atoms with Crippen molar-refractivity contribution in [1.29, 1.82) is 0 Å². The molecule has 1 aliphatic heterocycles. The van der Waals surface area contributed by atoms with E-state index in [-0.39, 0.29) is 18.0 Å². The lowest BCUT2D eigenvalue weighted by Crippen LogP contribution is -2.30. The van der Waals surface area contributed by atoms with E-state index in [0.29, 0.717) is 16.5 Å². The highest BCUT2D eigenvalue weighted by atomic mass is 32.1. The Balaban J connectivity index is 1.78. The fourth-order valence-corrected chi connectivity index (χ4v) is 4.59. The van der Waals surface area contributed by atoms with Crippen LogP contribution in [0.25, 0.3) is 0 Å². The molecule has 0 saturated carbocycles. The first-order chi connectivity index (χ1) is 16.1. The molecule has 34 heavy (non-hydrogen) atoms. The van der Waals surface area contributed by atoms with Gasteiger partial charge in [0, 0.05) is 34.8 Å². The molecule has 0 radical (unpaired) electrons. The normalized spacial score (nSPS) is 18.1. The largest absolute Gasteiger partial charge is 0.494 e. The highest BCUT2D eigenvalue weighted by Gasteiger charge is 2.42. The van der Waals surface area contributed by atoms with Crippen molar-refractivity contribution in [1.82, 2.24) is 15.3 Å². The quantitative estimate of drug-likeness (QED) is 0.439. The lowest BCUT2D eigenvalue weighted by atomic mass is 9.95. The van der Waals surface area contributed by atoms with E-state index >= 15 is 0 Å². The number of amides is 1. The summed E-state index contributed by atoms with van der Waals surface area (Å²) >= 11 is 5.82. The van der Waals surface area contributed by atoms with Gasteiger partial charge in [0.25, 0.3) is 0 Å². The fraction of sp³-hybridized carbons (Fsp3) is 0.346. The molecule has 1 saturated heterocycles. The second kappa shape index (κ2) is 9.10. The first kappa shape index (κ1) is 23.8. The number of aryl methyl sites for hydroxylation is 2. The van der Waals surface area contributed by atoms with Crippen LogP contribution in [0.15, 0.2) is 48.7 Å². The molecular weight excluding hydrogens is 446 g/mol. The minimum absolute atomic E-state index is 0.0802. The van der Waals surface area contributed by atoms with Crippen molar-refractivity contribution in [2.24, 2.45) is 5.41 Å². The maximum absolute atomic E-state index is 12.6. The molecule has 1 amide bonds. The molecular formula is C26H31N5O2S. The fourth-order valence-electron chi connectivity index (χ4n) is 4.24. The maximum Gasteiger partial charge on any atom is 0.229 e. The Morgan fingerprint density at radius 1 is 1.18 bits per heavy atom. The number of carbonyl (C=O) groups is 1. The van der Waals surface area contributed by atoms with Gasteiger partial charge in [0.15, 0.2) is 5.11 Å². The molecule has 0 spiro atoms. The van der Waals surface area contributed by atoms with Crippen molar-refractivity contribution in [3.8, 4) is 5.75 Å². The minimum Gasteiger partial charge on any atom is -0.494 e. The van der Waals surface area contributed by atoms with Gasteiger partial charge >= 0.3 is 0 Å². The van der Waals surface area contributed by atoms with Gasteiger partial charge in [-0.2, -0.15) is 0 Å². The van der Waals surface area contributed by atoms with Gasteiger partial charge in [-0.1, -0.05) is 26.8 Å². The third-order valence-electron chi connectivity index (χ3n) is 6.00. The van der Waals surface area contributed by atoms with Crippen LogP contribution >= 0.6 is 12.2 Å². The Kier molecular flexibility index (Phi) is 6.36. The summed E-state index contributed by atoms with van der Waals surface area (Å²) < 4.78 is 5.65. The van der Waals surface area contributed by atoms with E-state index < -0.39 is 5.41 Å². The van der Waals surface area contributed by atoms with E-state index in [9.17, 15) is 4.79 Å². The third kappa shape index (κ3) is 4.50. The standard InChI is InChI=1S/C26H31N5O2S/c1-15-13-18(16(2)28-15)23-22(20-9-7-8-12-27-20)30-25(34)31(23)17-10-11-19(21(14-17)33-6)29-24(32)26(3,4)5/h7-14,22-23,28H,1-6H3,(H,29,32)(H,30,34)/t22-,23-/m1/s1. The number of methoxy groups -OCH3 is 1. The van der Waals surface area contributed by atoms with Crippen LogP contribution in [0.3, 0.4) is 0 Å². The van der Waals surface area contributed by atoms with Crippen molar-refractivity contribution in [3.05, 3.63) is 71.3 Å². The monoisotopic (exact) mass is 477 g/mol. The van der Waals surface area contributed by atoms with Gasteiger partial charge in [-0.15, -0.1) is 0 Å². The van der Waals surface area contributed by atoms with Gasteiger partial charge in [0.05, 0.1) is 30.6 Å². The summed E-state index contributed by atoms with van der Waals surface area (Å²) in [5, 5.41) is 7.06. The second-order valence-corrected chi connectivity index (χ2v) is 10.0. The van der Waals surface area contributed by atoms with Gasteiger partial charge in [0.1, 0.15) is 5.75 Å². The Morgan fingerprint density at radius 3 is 2.53 bits per heavy atom. The number of rotatable bonds is 5. The molecule has 3 heterocycles. The summed E-state index contributed by atoms with van der Waals surface area (Å²) in [7, 11) is 1.60. The molecule has 0 bridgehead atoms. The zero-order valence-corrected chi connectivity index (χ0v) is 21.2. The maximum atomic E-state index is 12.6. The molecule has 178 valence electrons. The number of nitrogens with one attached hydrogen (secondary N) is 3. The average Bonchev–Trinajstić information content (AvgIpc) is 3.31. The average molecular weight is 478 g/mol. The molecule has 2 atom stereocenters. The van der Waals surface area contributed by atoms with Crippen LogP contribution in [0.1, 0.15) is 55.5 Å². The van der Waals surface area contributed by atoms with Gasteiger partial charge in [-0.25, -0.2) is 0 Å². The zero-order valence-electron chi connectivity index (χ0n) is 20.4. The third-order valence-corrected chi connectivity index (χ3v) is 6.31. The minimum atomic E-state index is -0.519. The molecule has 3 N–H and O–H groups in total. The number of pyridine rings is 1. The molecule has 8 heteroatoms. The van der Waals surface area contributed by atoms with Crippen LogP contribution in [0, 0.1) is 19.3 Å². The van der Waals surface area contributed by atoms with E-state index in [1.54, 1.807) is 13.3 Å². The molecule has 3 aromatic rings.